The van der Waals surface area contributed by atoms with Crippen molar-refractivity contribution in [1.29, 1.82) is 0 Å². The fourth-order valence-corrected chi connectivity index (χ4v) is 3.48. The Balaban J connectivity index is 1.71. The second kappa shape index (κ2) is 8.47. The lowest BCUT2D eigenvalue weighted by Gasteiger charge is -2.18. The molecule has 4 rings (SSSR count). The number of hydrogen-bond acceptors (Lipinski definition) is 4. The molecule has 0 saturated heterocycles. The lowest BCUT2D eigenvalue weighted by molar-refractivity contribution is -0.119. The number of likely N-dealkylation sites (N-methyl/N-ethyl adjacent to an activating group) is 1. The highest BCUT2D eigenvalue weighted by molar-refractivity contribution is 6.30. The Morgan fingerprint density at radius 3 is 2.50 bits per heavy atom. The molecule has 1 amide bonds. The number of anilines is 1. The van der Waals surface area contributed by atoms with E-state index in [2.05, 4.69) is 10.1 Å². The third-order valence-corrected chi connectivity index (χ3v) is 5.15. The van der Waals surface area contributed by atoms with E-state index in [1.54, 1.807) is 49.8 Å². The van der Waals surface area contributed by atoms with Crippen LogP contribution in [0.5, 0.6) is 0 Å². The normalized spacial score (nSPS) is 10.9. The maximum atomic E-state index is 13.0. The molecule has 30 heavy (non-hydrogen) atoms. The Hall–Kier alpha value is -3.51. The molecule has 0 radical (unpaired) electrons. The first-order chi connectivity index (χ1) is 14.5. The van der Waals surface area contributed by atoms with Crippen LogP contribution >= 0.6 is 11.6 Å². The molecule has 2 aromatic heterocycles. The van der Waals surface area contributed by atoms with Gasteiger partial charge in [0.15, 0.2) is 0 Å². The first-order valence-electron chi connectivity index (χ1n) is 9.42. The van der Waals surface area contributed by atoms with Gasteiger partial charge in [-0.3, -0.25) is 14.6 Å². The van der Waals surface area contributed by atoms with Crippen molar-refractivity contribution >= 4 is 34.0 Å². The van der Waals surface area contributed by atoms with E-state index in [9.17, 15) is 9.59 Å². The van der Waals surface area contributed by atoms with Gasteiger partial charge in [0.2, 0.25) is 5.91 Å². The molecular weight excluding hydrogens is 400 g/mol. The summed E-state index contributed by atoms with van der Waals surface area (Å²) in [5.74, 6) is -0.267. The molecule has 7 heteroatoms. The smallest absolute Gasteiger partial charge is 0.275 e. The summed E-state index contributed by atoms with van der Waals surface area (Å²) in [6.07, 6.45) is 3.97. The van der Waals surface area contributed by atoms with E-state index in [0.29, 0.717) is 22.5 Å². The minimum absolute atomic E-state index is 0.171. The molecule has 0 saturated carbocycles. The Morgan fingerprint density at radius 2 is 1.77 bits per heavy atom. The third kappa shape index (κ3) is 4.09. The molecule has 150 valence electrons. The van der Waals surface area contributed by atoms with Crippen molar-refractivity contribution in [3.63, 3.8) is 0 Å². The highest BCUT2D eigenvalue weighted by Gasteiger charge is 2.16. The van der Waals surface area contributed by atoms with Crippen molar-refractivity contribution < 1.29 is 4.79 Å². The van der Waals surface area contributed by atoms with Gasteiger partial charge in [-0.15, -0.1) is 0 Å². The summed E-state index contributed by atoms with van der Waals surface area (Å²) in [6.45, 7) is -0.171. The molecule has 0 aliphatic heterocycles. The van der Waals surface area contributed by atoms with E-state index in [4.69, 9.17) is 11.6 Å². The average Bonchev–Trinajstić information content (AvgIpc) is 2.77. The number of nitrogens with zero attached hydrogens (tertiary/aromatic N) is 4. The quantitative estimate of drug-likeness (QED) is 0.495. The number of halogens is 1. The molecule has 0 fully saturated rings. The van der Waals surface area contributed by atoms with E-state index < -0.39 is 0 Å². The SMILES string of the molecule is CN(C(=O)Cn1nc(Cc2ccncc2)c2ccccc2c1=O)c1cccc(Cl)c1. The fourth-order valence-electron chi connectivity index (χ4n) is 3.30. The van der Waals surface area contributed by atoms with Gasteiger partial charge in [-0.05, 0) is 42.0 Å². The Bertz CT molecular complexity index is 1270. The van der Waals surface area contributed by atoms with Gasteiger partial charge in [-0.1, -0.05) is 35.9 Å². The number of pyridine rings is 1. The van der Waals surface area contributed by atoms with Gasteiger partial charge < -0.3 is 4.90 Å². The monoisotopic (exact) mass is 418 g/mol. The zero-order valence-corrected chi connectivity index (χ0v) is 17.1. The van der Waals surface area contributed by atoms with E-state index >= 15 is 0 Å². The number of hydrogen-bond donors (Lipinski definition) is 0. The molecule has 0 unspecified atom stereocenters. The van der Waals surface area contributed by atoms with Crippen LogP contribution in [-0.2, 0) is 17.8 Å². The van der Waals surface area contributed by atoms with Crippen molar-refractivity contribution in [2.24, 2.45) is 0 Å². The summed E-state index contributed by atoms with van der Waals surface area (Å²) in [5.41, 5.74) is 2.11. The fraction of sp³-hybridized carbons (Fsp3) is 0.130. The standard InChI is InChI=1S/C23H19ClN4O2/c1-27(18-6-4-5-17(24)14-18)22(29)15-28-23(30)20-8-3-2-7-19(20)21(26-28)13-16-9-11-25-12-10-16/h2-12,14H,13,15H2,1H3. The molecule has 6 nitrogen and oxygen atoms in total. The molecule has 2 heterocycles. The number of amides is 1. The van der Waals surface area contributed by atoms with Crippen LogP contribution in [0.4, 0.5) is 5.69 Å². The molecule has 0 aliphatic rings. The molecule has 0 aliphatic carbocycles. The first-order valence-corrected chi connectivity index (χ1v) is 9.80. The van der Waals surface area contributed by atoms with Gasteiger partial charge >= 0.3 is 0 Å². The molecule has 0 N–H and O–H groups in total. The topological polar surface area (TPSA) is 68.1 Å². The van der Waals surface area contributed by atoms with E-state index in [0.717, 1.165) is 16.6 Å². The van der Waals surface area contributed by atoms with Crippen LogP contribution < -0.4 is 10.5 Å². The van der Waals surface area contributed by atoms with Crippen molar-refractivity contribution in [3.8, 4) is 0 Å². The van der Waals surface area contributed by atoms with Gasteiger partial charge in [0.25, 0.3) is 5.56 Å². The van der Waals surface area contributed by atoms with Crippen LogP contribution in [0, 0.1) is 0 Å². The molecule has 0 spiro atoms. The number of fused-ring (bicyclic) bond motifs is 1. The predicted octanol–water partition coefficient (Wildman–Crippen LogP) is 3.70. The van der Waals surface area contributed by atoms with Crippen LogP contribution in [0.2, 0.25) is 5.02 Å². The summed E-state index contributed by atoms with van der Waals surface area (Å²) >= 11 is 6.03. The van der Waals surface area contributed by atoms with Gasteiger partial charge in [0, 0.05) is 42.0 Å². The van der Waals surface area contributed by atoms with E-state index in [1.165, 1.54) is 9.58 Å². The van der Waals surface area contributed by atoms with Crippen LogP contribution in [-0.4, -0.2) is 27.7 Å². The zero-order valence-electron chi connectivity index (χ0n) is 16.3. The van der Waals surface area contributed by atoms with E-state index in [-0.39, 0.29) is 18.0 Å². The summed E-state index contributed by atoms with van der Waals surface area (Å²) in [6, 6.07) is 18.1. The van der Waals surface area contributed by atoms with Crippen molar-refractivity contribution in [2.75, 3.05) is 11.9 Å². The summed E-state index contributed by atoms with van der Waals surface area (Å²) in [4.78, 5) is 31.3. The van der Waals surface area contributed by atoms with Gasteiger partial charge in [-0.25, -0.2) is 4.68 Å². The maximum Gasteiger partial charge on any atom is 0.275 e. The minimum atomic E-state index is -0.295. The Labute approximate surface area is 178 Å². The average molecular weight is 419 g/mol. The van der Waals surface area contributed by atoms with Crippen molar-refractivity contribution in [3.05, 3.63) is 99.7 Å². The van der Waals surface area contributed by atoms with Gasteiger partial charge in [0.1, 0.15) is 6.54 Å². The molecule has 0 atom stereocenters. The summed E-state index contributed by atoms with van der Waals surface area (Å²) in [5, 5.41) is 6.39. The summed E-state index contributed by atoms with van der Waals surface area (Å²) in [7, 11) is 1.65. The highest BCUT2D eigenvalue weighted by Crippen LogP contribution is 2.19. The molecule has 2 aromatic carbocycles. The first kappa shape index (κ1) is 19.8. The van der Waals surface area contributed by atoms with Crippen LogP contribution in [0.1, 0.15) is 11.3 Å². The van der Waals surface area contributed by atoms with E-state index in [1.807, 2.05) is 30.3 Å². The predicted molar refractivity (Wildman–Crippen MR) is 118 cm³/mol. The molecule has 0 bridgehead atoms. The summed E-state index contributed by atoms with van der Waals surface area (Å²) < 4.78 is 1.24. The van der Waals surface area contributed by atoms with Crippen molar-refractivity contribution in [2.45, 2.75) is 13.0 Å². The van der Waals surface area contributed by atoms with Crippen molar-refractivity contribution in [1.82, 2.24) is 14.8 Å². The Kier molecular flexibility index (Phi) is 5.59. The van der Waals surface area contributed by atoms with Gasteiger partial charge in [0.05, 0.1) is 11.1 Å². The number of rotatable bonds is 5. The number of carbonyl (C=O) groups is 1. The number of aromatic nitrogens is 3. The van der Waals surface area contributed by atoms with Crippen LogP contribution in [0.25, 0.3) is 10.8 Å². The zero-order chi connectivity index (χ0) is 21.1. The number of carbonyl (C=O) groups excluding carboxylic acids is 1. The van der Waals surface area contributed by atoms with Gasteiger partial charge in [-0.2, -0.15) is 5.10 Å². The third-order valence-electron chi connectivity index (χ3n) is 4.92. The molecular formula is C23H19ClN4O2. The molecule has 4 aromatic rings. The highest BCUT2D eigenvalue weighted by atomic mass is 35.5. The second-order valence-electron chi connectivity index (χ2n) is 6.92. The van der Waals surface area contributed by atoms with Crippen LogP contribution in [0.15, 0.2) is 77.9 Å². The lowest BCUT2D eigenvalue weighted by atomic mass is 10.1. The van der Waals surface area contributed by atoms with Crippen LogP contribution in [0.3, 0.4) is 0 Å². The number of benzene rings is 2. The largest absolute Gasteiger partial charge is 0.314 e. The maximum absolute atomic E-state index is 13.0. The minimum Gasteiger partial charge on any atom is -0.314 e. The second-order valence-corrected chi connectivity index (χ2v) is 7.36. The Morgan fingerprint density at radius 1 is 1.03 bits per heavy atom. The lowest BCUT2D eigenvalue weighted by Crippen LogP contribution is -2.35.